The number of Topliss-reactive ketones (excluding diaryl/α,β-unsaturated/α-hetero) is 1. The molecule has 0 aliphatic heterocycles. The summed E-state index contributed by atoms with van der Waals surface area (Å²) in [6, 6.07) is 7.73. The van der Waals surface area contributed by atoms with Gasteiger partial charge in [-0.25, -0.2) is 0 Å². The van der Waals surface area contributed by atoms with Gasteiger partial charge < -0.3 is 4.74 Å². The summed E-state index contributed by atoms with van der Waals surface area (Å²) in [6.07, 6.45) is 0. The van der Waals surface area contributed by atoms with Crippen LogP contribution in [0, 0.1) is 0 Å². The van der Waals surface area contributed by atoms with Gasteiger partial charge in [-0.15, -0.1) is 11.3 Å². The number of rotatable bonds is 5. The smallest absolute Gasteiger partial charge is 0.211 e. The second-order valence-electron chi connectivity index (χ2n) is 4.65. The zero-order valence-electron chi connectivity index (χ0n) is 11.2. The van der Waals surface area contributed by atoms with Crippen LogP contribution in [0.25, 0.3) is 0 Å². The minimum atomic E-state index is -0.00972. The molecule has 5 heteroatoms. The van der Waals surface area contributed by atoms with Crippen molar-refractivity contribution >= 4 is 49.0 Å². The maximum atomic E-state index is 12.1. The van der Waals surface area contributed by atoms with E-state index in [1.165, 1.54) is 11.3 Å². The number of ketones is 1. The lowest BCUT2D eigenvalue weighted by atomic mass is 10.0. The molecule has 0 unspecified atom stereocenters. The van der Waals surface area contributed by atoms with Gasteiger partial charge in [0, 0.05) is 8.95 Å². The standard InChI is InChI=1S/C15H14Br2O2S/c1-9(2)11-7-10(16)3-4-14(11)19-8-13(18)15-12(17)5-6-20-15/h3-7,9H,8H2,1-2H3. The van der Waals surface area contributed by atoms with Crippen molar-refractivity contribution in [2.75, 3.05) is 6.61 Å². The molecule has 0 radical (unpaired) electrons. The Kier molecular flexibility index (Phi) is 5.41. The molecule has 106 valence electrons. The fraction of sp³-hybridized carbons (Fsp3) is 0.267. The molecule has 0 amide bonds. The molecule has 0 atom stereocenters. The van der Waals surface area contributed by atoms with Crippen LogP contribution < -0.4 is 4.74 Å². The number of hydrogen-bond acceptors (Lipinski definition) is 3. The van der Waals surface area contributed by atoms with Crippen LogP contribution in [-0.4, -0.2) is 12.4 Å². The Morgan fingerprint density at radius 2 is 2.05 bits per heavy atom. The maximum Gasteiger partial charge on any atom is 0.211 e. The zero-order chi connectivity index (χ0) is 14.7. The highest BCUT2D eigenvalue weighted by atomic mass is 79.9. The van der Waals surface area contributed by atoms with Crippen LogP contribution >= 0.6 is 43.2 Å². The van der Waals surface area contributed by atoms with E-state index in [0.717, 1.165) is 20.3 Å². The minimum Gasteiger partial charge on any atom is -0.485 e. The Bertz CT molecular complexity index is 620. The van der Waals surface area contributed by atoms with Crippen molar-refractivity contribution in [3.05, 3.63) is 49.0 Å². The van der Waals surface area contributed by atoms with Gasteiger partial charge in [-0.3, -0.25) is 4.79 Å². The van der Waals surface area contributed by atoms with Crippen molar-refractivity contribution < 1.29 is 9.53 Å². The summed E-state index contributed by atoms with van der Waals surface area (Å²) >= 11 is 8.25. The Morgan fingerprint density at radius 3 is 2.65 bits per heavy atom. The number of ether oxygens (including phenoxy) is 1. The maximum absolute atomic E-state index is 12.1. The lowest BCUT2D eigenvalue weighted by Crippen LogP contribution is -2.11. The van der Waals surface area contributed by atoms with Crippen molar-refractivity contribution in [3.63, 3.8) is 0 Å². The number of halogens is 2. The average Bonchev–Trinajstić information content (AvgIpc) is 2.83. The molecule has 2 aromatic rings. The first-order valence-electron chi connectivity index (χ1n) is 6.17. The van der Waals surface area contributed by atoms with Crippen LogP contribution in [0.1, 0.15) is 35.0 Å². The van der Waals surface area contributed by atoms with E-state index in [1.54, 1.807) is 0 Å². The molecular formula is C15H14Br2O2S. The molecule has 1 heterocycles. The lowest BCUT2D eigenvalue weighted by molar-refractivity contribution is 0.0924. The van der Waals surface area contributed by atoms with Crippen LogP contribution in [-0.2, 0) is 0 Å². The first kappa shape index (κ1) is 15.7. The molecule has 2 rings (SSSR count). The monoisotopic (exact) mass is 416 g/mol. The van der Waals surface area contributed by atoms with Gasteiger partial charge in [-0.2, -0.15) is 0 Å². The lowest BCUT2D eigenvalue weighted by Gasteiger charge is -2.14. The third kappa shape index (κ3) is 3.71. The summed E-state index contributed by atoms with van der Waals surface area (Å²) < 4.78 is 7.55. The van der Waals surface area contributed by atoms with Gasteiger partial charge in [0.25, 0.3) is 0 Å². The summed E-state index contributed by atoms with van der Waals surface area (Å²) in [5, 5.41) is 1.89. The SMILES string of the molecule is CC(C)c1cc(Br)ccc1OCC(=O)c1sccc1Br. The summed E-state index contributed by atoms with van der Waals surface area (Å²) in [6.45, 7) is 4.26. The summed E-state index contributed by atoms with van der Waals surface area (Å²) in [7, 11) is 0. The number of hydrogen-bond donors (Lipinski definition) is 0. The molecule has 20 heavy (non-hydrogen) atoms. The molecule has 0 saturated heterocycles. The van der Waals surface area contributed by atoms with E-state index in [0.29, 0.717) is 10.8 Å². The number of carbonyl (C=O) groups excluding carboxylic acids is 1. The number of carbonyl (C=O) groups is 1. The third-order valence-electron chi connectivity index (χ3n) is 2.82. The Labute approximate surface area is 139 Å². The van der Waals surface area contributed by atoms with Crippen molar-refractivity contribution in [1.82, 2.24) is 0 Å². The van der Waals surface area contributed by atoms with E-state index in [4.69, 9.17) is 4.74 Å². The van der Waals surface area contributed by atoms with E-state index in [-0.39, 0.29) is 12.4 Å². The van der Waals surface area contributed by atoms with Crippen molar-refractivity contribution in [2.45, 2.75) is 19.8 Å². The van der Waals surface area contributed by atoms with E-state index >= 15 is 0 Å². The van der Waals surface area contributed by atoms with Gasteiger partial charge >= 0.3 is 0 Å². The Morgan fingerprint density at radius 1 is 1.30 bits per heavy atom. The molecule has 0 N–H and O–H groups in total. The molecule has 1 aromatic heterocycles. The van der Waals surface area contributed by atoms with Crippen molar-refractivity contribution in [2.24, 2.45) is 0 Å². The number of thiophene rings is 1. The first-order chi connectivity index (χ1) is 9.49. The van der Waals surface area contributed by atoms with Crippen LogP contribution in [0.4, 0.5) is 0 Å². The highest BCUT2D eigenvalue weighted by molar-refractivity contribution is 9.10. The van der Waals surface area contributed by atoms with Crippen LogP contribution in [0.15, 0.2) is 38.6 Å². The van der Waals surface area contributed by atoms with Gasteiger partial charge in [0.2, 0.25) is 5.78 Å². The molecular weight excluding hydrogens is 404 g/mol. The minimum absolute atomic E-state index is 0.00972. The molecule has 0 spiro atoms. The molecule has 1 aromatic carbocycles. The quantitative estimate of drug-likeness (QED) is 0.586. The fourth-order valence-electron chi connectivity index (χ4n) is 1.80. The number of benzene rings is 1. The average molecular weight is 418 g/mol. The van der Waals surface area contributed by atoms with Crippen LogP contribution in [0.3, 0.4) is 0 Å². The van der Waals surface area contributed by atoms with E-state index < -0.39 is 0 Å². The van der Waals surface area contributed by atoms with E-state index in [9.17, 15) is 4.79 Å². The van der Waals surface area contributed by atoms with E-state index in [1.807, 2.05) is 29.6 Å². The summed E-state index contributed by atoms with van der Waals surface area (Å²) in [4.78, 5) is 12.8. The fourth-order valence-corrected chi connectivity index (χ4v) is 3.70. The van der Waals surface area contributed by atoms with Gasteiger partial charge in [0.05, 0.1) is 4.88 Å². The van der Waals surface area contributed by atoms with Crippen molar-refractivity contribution in [1.29, 1.82) is 0 Å². The zero-order valence-corrected chi connectivity index (χ0v) is 15.1. The normalized spacial score (nSPS) is 10.8. The molecule has 0 aliphatic rings. The predicted molar refractivity (Wildman–Crippen MR) is 90.1 cm³/mol. The molecule has 0 bridgehead atoms. The topological polar surface area (TPSA) is 26.3 Å². The van der Waals surface area contributed by atoms with Crippen LogP contribution in [0.2, 0.25) is 0 Å². The molecule has 2 nitrogen and oxygen atoms in total. The molecule has 0 saturated carbocycles. The molecule has 0 aliphatic carbocycles. The highest BCUT2D eigenvalue weighted by Gasteiger charge is 2.14. The summed E-state index contributed by atoms with van der Waals surface area (Å²) in [5.41, 5.74) is 1.09. The van der Waals surface area contributed by atoms with E-state index in [2.05, 4.69) is 45.7 Å². The largest absolute Gasteiger partial charge is 0.485 e. The first-order valence-corrected chi connectivity index (χ1v) is 8.64. The molecule has 0 fully saturated rings. The van der Waals surface area contributed by atoms with Gasteiger partial charge in [0.15, 0.2) is 6.61 Å². The highest BCUT2D eigenvalue weighted by Crippen LogP contribution is 2.30. The van der Waals surface area contributed by atoms with Gasteiger partial charge in [0.1, 0.15) is 5.75 Å². The predicted octanol–water partition coefficient (Wildman–Crippen LogP) is 5.66. The summed E-state index contributed by atoms with van der Waals surface area (Å²) in [5.74, 6) is 1.10. The Hall–Kier alpha value is -0.650. The van der Waals surface area contributed by atoms with Gasteiger partial charge in [-0.05, 0) is 57.1 Å². The Balaban J connectivity index is 2.12. The van der Waals surface area contributed by atoms with Crippen LogP contribution in [0.5, 0.6) is 5.75 Å². The third-order valence-corrected chi connectivity index (χ3v) is 5.20. The van der Waals surface area contributed by atoms with Crippen molar-refractivity contribution in [3.8, 4) is 5.75 Å². The second kappa shape index (κ2) is 6.87. The second-order valence-corrected chi connectivity index (χ2v) is 7.33. The van der Waals surface area contributed by atoms with Gasteiger partial charge in [-0.1, -0.05) is 29.8 Å².